The smallest absolute Gasteiger partial charge is 0.258 e. The fraction of sp³-hybridized carbons (Fsp3) is 1.00. The van der Waals surface area contributed by atoms with Gasteiger partial charge in [0.05, 0.1) is 0 Å². The molecule has 0 unspecified atom stereocenters. The predicted octanol–water partition coefficient (Wildman–Crippen LogP) is -1.85. The van der Waals surface area contributed by atoms with Gasteiger partial charge in [-0.15, -0.1) is 0 Å². The van der Waals surface area contributed by atoms with Crippen molar-refractivity contribution in [2.24, 2.45) is 0 Å². The Kier molecular flexibility index (Phi) is 2.73. The molecule has 0 aromatic rings. The third-order valence-electron chi connectivity index (χ3n) is 2.10. The Morgan fingerprint density at radius 3 is 1.47 bits per heavy atom. The first-order valence-corrected chi connectivity index (χ1v) is 3.85. The van der Waals surface area contributed by atoms with Crippen LogP contribution in [0.4, 0.5) is 0 Å². The van der Waals surface area contributed by atoms with Crippen molar-refractivity contribution >= 4 is 0 Å². The second-order valence-electron chi connectivity index (χ2n) is 3.06. The molecule has 1 aliphatic rings. The van der Waals surface area contributed by atoms with Crippen LogP contribution >= 0.6 is 0 Å². The van der Waals surface area contributed by atoms with Crippen LogP contribution < -0.4 is 0 Å². The molecule has 0 atom stereocenters. The normalized spacial score (nSPS) is 17.9. The van der Waals surface area contributed by atoms with Crippen molar-refractivity contribution < 1.29 is 19.9 Å². The van der Waals surface area contributed by atoms with Gasteiger partial charge >= 0.3 is 5.66 Å². The number of nitrogens with zero attached hydrogens (tertiary/aromatic N) is 6. The summed E-state index contributed by atoms with van der Waals surface area (Å²) in [7, 11) is 0. The molecule has 0 aliphatic carbocycles. The summed E-state index contributed by atoms with van der Waals surface area (Å²) in [6.07, 6.45) is 0. The van der Waals surface area contributed by atoms with Crippen molar-refractivity contribution in [3.05, 3.63) is 40.5 Å². The number of nitro groups is 4. The zero-order valence-corrected chi connectivity index (χ0v) is 7.86. The van der Waals surface area contributed by atoms with E-state index in [1.807, 2.05) is 0 Å². The zero-order valence-electron chi connectivity index (χ0n) is 7.86. The third-order valence-corrected chi connectivity index (χ3v) is 2.10. The van der Waals surface area contributed by atoms with E-state index in [-0.39, 0.29) is 5.01 Å². The van der Waals surface area contributed by atoms with E-state index in [1.165, 1.54) is 0 Å². The van der Waals surface area contributed by atoms with Crippen LogP contribution in [0.2, 0.25) is 0 Å². The molecule has 0 N–H and O–H groups in total. The van der Waals surface area contributed by atoms with Gasteiger partial charge in [0.25, 0.3) is 5.23 Å². The fourth-order valence-electron chi connectivity index (χ4n) is 1.23. The average Bonchev–Trinajstić information content (AvgIpc) is 2.06. The number of rotatable bonds is 5. The molecular formula is C3H4N6O8. The van der Waals surface area contributed by atoms with Gasteiger partial charge in [-0.3, -0.25) is 20.2 Å². The van der Waals surface area contributed by atoms with Crippen LogP contribution in [-0.4, -0.2) is 48.9 Å². The molecule has 17 heavy (non-hydrogen) atoms. The lowest BCUT2D eigenvalue weighted by molar-refractivity contribution is -0.961. The van der Waals surface area contributed by atoms with E-state index < -0.39 is 43.9 Å². The molecule has 0 bridgehead atoms. The Morgan fingerprint density at radius 2 is 1.24 bits per heavy atom. The number of hydrazine groups is 3. The summed E-state index contributed by atoms with van der Waals surface area (Å²) in [5, 5.41) is 38.1. The van der Waals surface area contributed by atoms with E-state index in [0.29, 0.717) is 0 Å². The molecule has 14 nitrogen and oxygen atoms in total. The van der Waals surface area contributed by atoms with Gasteiger partial charge in [-0.05, 0) is 0 Å². The zero-order chi connectivity index (χ0) is 13.4. The summed E-state index contributed by atoms with van der Waals surface area (Å²) >= 11 is 0. The SMILES string of the molecule is O=[N+]([O-])N(N1CC([N+](=O)[O-])([N+](=O)[O-])C1)[N+](=O)[O-]. The van der Waals surface area contributed by atoms with Crippen LogP contribution in [0.1, 0.15) is 0 Å². The molecule has 0 saturated carbocycles. The maximum absolute atomic E-state index is 10.4. The summed E-state index contributed by atoms with van der Waals surface area (Å²) in [5.41, 5.74) is -2.63. The first kappa shape index (κ1) is 12.4. The van der Waals surface area contributed by atoms with E-state index in [4.69, 9.17) is 0 Å². The Hall–Kier alpha value is -2.64. The van der Waals surface area contributed by atoms with Crippen molar-refractivity contribution in [1.29, 1.82) is 0 Å². The Balaban J connectivity index is 2.85. The van der Waals surface area contributed by atoms with E-state index in [9.17, 15) is 40.5 Å². The second-order valence-corrected chi connectivity index (χ2v) is 3.06. The Labute approximate surface area is 90.5 Å². The molecular weight excluding hydrogens is 248 g/mol. The summed E-state index contributed by atoms with van der Waals surface area (Å²) in [4.78, 5) is 38.9. The quantitative estimate of drug-likeness (QED) is 0.306. The van der Waals surface area contributed by atoms with Crippen molar-refractivity contribution in [1.82, 2.24) is 10.2 Å². The highest BCUT2D eigenvalue weighted by atomic mass is 16.8. The first-order chi connectivity index (χ1) is 7.72. The van der Waals surface area contributed by atoms with Gasteiger partial charge in [-0.2, -0.15) is 0 Å². The number of hydrogen-bond donors (Lipinski definition) is 0. The molecule has 0 aromatic carbocycles. The van der Waals surface area contributed by atoms with Crippen LogP contribution in [0, 0.1) is 40.5 Å². The summed E-state index contributed by atoms with van der Waals surface area (Å²) < 4.78 is 0. The van der Waals surface area contributed by atoms with Gasteiger partial charge in [-0.1, -0.05) is 5.01 Å². The van der Waals surface area contributed by atoms with Gasteiger partial charge in [0.2, 0.25) is 10.1 Å². The second kappa shape index (κ2) is 3.74. The van der Waals surface area contributed by atoms with Crippen LogP contribution in [-0.2, 0) is 0 Å². The van der Waals surface area contributed by atoms with E-state index in [2.05, 4.69) is 0 Å². The summed E-state index contributed by atoms with van der Waals surface area (Å²) in [5.74, 6) is 0. The van der Waals surface area contributed by atoms with Crippen LogP contribution in [0.5, 0.6) is 0 Å². The summed E-state index contributed by atoms with van der Waals surface area (Å²) in [6.45, 7) is -2.09. The maximum atomic E-state index is 10.4. The van der Waals surface area contributed by atoms with Crippen molar-refractivity contribution in [2.45, 2.75) is 5.66 Å². The molecule has 0 amide bonds. The van der Waals surface area contributed by atoms with E-state index in [1.54, 1.807) is 0 Å². The molecule has 1 heterocycles. The average molecular weight is 252 g/mol. The van der Waals surface area contributed by atoms with Crippen molar-refractivity contribution in [3.63, 3.8) is 0 Å². The largest absolute Gasteiger partial charge is 0.487 e. The predicted molar refractivity (Wildman–Crippen MR) is 44.1 cm³/mol. The molecule has 1 saturated heterocycles. The standard InChI is InChI=1S/C3H4N6O8/c10-5(11)3(6(12)13)1-4(2-3)7(8(14)15)9(16)17/h1-2H2. The molecule has 0 aromatic heterocycles. The van der Waals surface area contributed by atoms with E-state index in [0.717, 1.165) is 0 Å². The van der Waals surface area contributed by atoms with E-state index >= 15 is 0 Å². The lowest BCUT2D eigenvalue weighted by Gasteiger charge is -2.32. The minimum absolute atomic E-state index is 0.283. The van der Waals surface area contributed by atoms with Gasteiger partial charge in [-0.25, -0.2) is 20.2 Å². The fourth-order valence-corrected chi connectivity index (χ4v) is 1.23. The molecule has 0 radical (unpaired) electrons. The molecule has 14 heteroatoms. The topological polar surface area (TPSA) is 179 Å². The van der Waals surface area contributed by atoms with Gasteiger partial charge in [0, 0.05) is 0 Å². The highest BCUT2D eigenvalue weighted by molar-refractivity contribution is 4.84. The van der Waals surface area contributed by atoms with Gasteiger partial charge in [0.1, 0.15) is 9.85 Å². The Bertz CT molecular complexity index is 370. The minimum atomic E-state index is -2.63. The van der Waals surface area contributed by atoms with Crippen molar-refractivity contribution in [2.75, 3.05) is 13.1 Å². The number of hydrogen-bond acceptors (Lipinski definition) is 9. The summed E-state index contributed by atoms with van der Waals surface area (Å²) in [6, 6.07) is 0. The third kappa shape index (κ3) is 1.75. The molecule has 94 valence electrons. The van der Waals surface area contributed by atoms with Crippen LogP contribution in [0.25, 0.3) is 0 Å². The monoisotopic (exact) mass is 252 g/mol. The molecule has 1 fully saturated rings. The minimum Gasteiger partial charge on any atom is -0.258 e. The van der Waals surface area contributed by atoms with Crippen molar-refractivity contribution in [3.8, 4) is 0 Å². The highest BCUT2D eigenvalue weighted by Crippen LogP contribution is 2.26. The Morgan fingerprint density at radius 1 is 0.882 bits per heavy atom. The van der Waals surface area contributed by atoms with Crippen LogP contribution in [0.15, 0.2) is 0 Å². The molecule has 1 rings (SSSR count). The maximum Gasteiger partial charge on any atom is 0.487 e. The molecule has 1 aliphatic heterocycles. The lowest BCUT2D eigenvalue weighted by Crippen LogP contribution is -2.74. The lowest BCUT2D eigenvalue weighted by atomic mass is 10.1. The first-order valence-electron chi connectivity index (χ1n) is 3.85. The van der Waals surface area contributed by atoms with Crippen LogP contribution in [0.3, 0.4) is 0 Å². The highest BCUT2D eigenvalue weighted by Gasteiger charge is 2.72. The molecule has 0 spiro atoms. The van der Waals surface area contributed by atoms with Gasteiger partial charge < -0.3 is 0 Å². The van der Waals surface area contributed by atoms with Gasteiger partial charge in [0.15, 0.2) is 13.1 Å².